The van der Waals surface area contributed by atoms with Crippen molar-refractivity contribution in [1.82, 2.24) is 25.1 Å². The lowest BCUT2D eigenvalue weighted by molar-refractivity contribution is 0.329. The van der Waals surface area contributed by atoms with E-state index in [9.17, 15) is 0 Å². The molecule has 0 amide bonds. The van der Waals surface area contributed by atoms with Gasteiger partial charge in [0, 0.05) is 16.3 Å². The highest BCUT2D eigenvalue weighted by Crippen LogP contribution is 2.41. The van der Waals surface area contributed by atoms with Crippen LogP contribution < -0.4 is 9.47 Å². The Morgan fingerprint density at radius 1 is 1.12 bits per heavy atom. The van der Waals surface area contributed by atoms with E-state index in [4.69, 9.17) is 9.47 Å². The van der Waals surface area contributed by atoms with Gasteiger partial charge in [-0.2, -0.15) is 4.80 Å². The number of fused-ring (bicyclic) bond motifs is 1. The molecule has 7 heteroatoms. The summed E-state index contributed by atoms with van der Waals surface area (Å²) in [7, 11) is 7.48. The molecule has 0 bridgehead atoms. The van der Waals surface area contributed by atoms with Crippen LogP contribution in [0.15, 0.2) is 30.3 Å². The topological polar surface area (TPSA) is 65.3 Å². The summed E-state index contributed by atoms with van der Waals surface area (Å²) in [5, 5.41) is 14.8. The van der Waals surface area contributed by atoms with Crippen molar-refractivity contribution in [3.8, 4) is 11.5 Å². The van der Waals surface area contributed by atoms with E-state index >= 15 is 0 Å². The Morgan fingerprint density at radius 2 is 1.85 bits per heavy atom. The van der Waals surface area contributed by atoms with E-state index in [1.54, 1.807) is 19.0 Å². The maximum absolute atomic E-state index is 5.82. The van der Waals surface area contributed by atoms with Crippen LogP contribution in [-0.2, 0) is 0 Å². The van der Waals surface area contributed by atoms with Crippen LogP contribution in [-0.4, -0.2) is 60.0 Å². The third-order valence-electron chi connectivity index (χ3n) is 4.43. The second-order valence-electron chi connectivity index (χ2n) is 6.51. The van der Waals surface area contributed by atoms with Gasteiger partial charge in [-0.25, -0.2) is 0 Å². The molecule has 0 saturated carbocycles. The first-order chi connectivity index (χ1) is 12.5. The van der Waals surface area contributed by atoms with Gasteiger partial charge in [-0.1, -0.05) is 24.3 Å². The van der Waals surface area contributed by atoms with E-state index in [0.717, 1.165) is 40.8 Å². The number of tetrazole rings is 1. The van der Waals surface area contributed by atoms with Crippen LogP contribution in [0.4, 0.5) is 0 Å². The molecule has 1 unspecified atom stereocenters. The molecule has 1 heterocycles. The first kappa shape index (κ1) is 18.1. The van der Waals surface area contributed by atoms with E-state index in [2.05, 4.69) is 34.4 Å². The van der Waals surface area contributed by atoms with Crippen LogP contribution in [0.5, 0.6) is 11.5 Å². The first-order valence-electron chi connectivity index (χ1n) is 8.59. The number of hydrogen-bond donors (Lipinski definition) is 0. The molecule has 0 aliphatic heterocycles. The molecule has 1 aromatic heterocycles. The quantitative estimate of drug-likeness (QED) is 0.649. The normalized spacial score (nSPS) is 12.5. The first-order valence-corrected chi connectivity index (χ1v) is 8.59. The Hall–Kier alpha value is -2.67. The van der Waals surface area contributed by atoms with Crippen molar-refractivity contribution in [3.63, 3.8) is 0 Å². The minimum Gasteiger partial charge on any atom is -0.496 e. The fraction of sp³-hybridized carbons (Fsp3) is 0.421. The summed E-state index contributed by atoms with van der Waals surface area (Å²) < 4.78 is 11.5. The maximum Gasteiger partial charge on any atom is 0.171 e. The van der Waals surface area contributed by atoms with Gasteiger partial charge < -0.3 is 14.4 Å². The van der Waals surface area contributed by atoms with Gasteiger partial charge in [-0.3, -0.25) is 0 Å². The zero-order chi connectivity index (χ0) is 18.7. The second-order valence-corrected chi connectivity index (χ2v) is 6.51. The molecule has 0 radical (unpaired) electrons. The maximum atomic E-state index is 5.82. The van der Waals surface area contributed by atoms with Crippen LogP contribution in [0.25, 0.3) is 10.8 Å². The standard InChI is InChI=1S/C19H25N5O2/c1-13-20-22-24(21-13)17(10-11-23(2)3)16-12-18(25-4)14-8-6-7-9-15(14)19(16)26-5/h6-9,12,17H,10-11H2,1-5H3. The van der Waals surface area contributed by atoms with Gasteiger partial charge >= 0.3 is 0 Å². The van der Waals surface area contributed by atoms with E-state index in [1.807, 2.05) is 37.3 Å². The zero-order valence-corrected chi connectivity index (χ0v) is 15.9. The van der Waals surface area contributed by atoms with Crippen molar-refractivity contribution in [2.45, 2.75) is 19.4 Å². The minimum atomic E-state index is -0.105. The summed E-state index contributed by atoms with van der Waals surface area (Å²) >= 11 is 0. The van der Waals surface area contributed by atoms with Crippen molar-refractivity contribution in [2.24, 2.45) is 0 Å². The van der Waals surface area contributed by atoms with E-state index < -0.39 is 0 Å². The molecule has 3 aromatic rings. The monoisotopic (exact) mass is 355 g/mol. The van der Waals surface area contributed by atoms with Crippen LogP contribution in [0, 0.1) is 6.92 Å². The molecule has 0 fully saturated rings. The molecule has 1 atom stereocenters. The van der Waals surface area contributed by atoms with Crippen molar-refractivity contribution in [3.05, 3.63) is 41.7 Å². The zero-order valence-electron chi connectivity index (χ0n) is 15.9. The van der Waals surface area contributed by atoms with Crippen LogP contribution in [0.1, 0.15) is 23.9 Å². The van der Waals surface area contributed by atoms with Crippen molar-refractivity contribution in [1.29, 1.82) is 0 Å². The van der Waals surface area contributed by atoms with Crippen LogP contribution in [0.3, 0.4) is 0 Å². The third-order valence-corrected chi connectivity index (χ3v) is 4.43. The molecule has 138 valence electrons. The predicted octanol–water partition coefficient (Wildman–Crippen LogP) is 2.69. The molecule has 26 heavy (non-hydrogen) atoms. The van der Waals surface area contributed by atoms with Crippen molar-refractivity contribution < 1.29 is 9.47 Å². The van der Waals surface area contributed by atoms with Crippen LogP contribution in [0.2, 0.25) is 0 Å². The lowest BCUT2D eigenvalue weighted by atomic mass is 9.97. The molecule has 0 aliphatic carbocycles. The average Bonchev–Trinajstić information content (AvgIpc) is 3.06. The second kappa shape index (κ2) is 7.70. The molecule has 0 spiro atoms. The summed E-state index contributed by atoms with van der Waals surface area (Å²) in [6, 6.07) is 10.00. The molecule has 0 saturated heterocycles. The van der Waals surface area contributed by atoms with Gasteiger partial charge in [-0.05, 0) is 45.3 Å². The van der Waals surface area contributed by atoms with Crippen LogP contribution >= 0.6 is 0 Å². The Balaban J connectivity index is 2.20. The fourth-order valence-electron chi connectivity index (χ4n) is 3.19. The summed E-state index contributed by atoms with van der Waals surface area (Å²) in [4.78, 5) is 3.81. The molecule has 3 rings (SSSR count). The molecular formula is C19H25N5O2. The fourth-order valence-corrected chi connectivity index (χ4v) is 3.19. The van der Waals surface area contributed by atoms with Gasteiger partial charge in [0.2, 0.25) is 0 Å². The van der Waals surface area contributed by atoms with Gasteiger partial charge in [0.15, 0.2) is 5.82 Å². The number of methoxy groups -OCH3 is 2. The van der Waals surface area contributed by atoms with E-state index in [1.165, 1.54) is 0 Å². The summed E-state index contributed by atoms with van der Waals surface area (Å²) in [6.45, 7) is 2.72. The summed E-state index contributed by atoms with van der Waals surface area (Å²) in [6.07, 6.45) is 0.820. The van der Waals surface area contributed by atoms with Crippen molar-refractivity contribution >= 4 is 10.8 Å². The number of benzene rings is 2. The van der Waals surface area contributed by atoms with Gasteiger partial charge in [0.05, 0.1) is 14.2 Å². The smallest absolute Gasteiger partial charge is 0.171 e. The SMILES string of the molecule is COc1cc(C(CCN(C)C)n2nnc(C)n2)c(OC)c2ccccc12. The Bertz CT molecular complexity index is 891. The Kier molecular flexibility index (Phi) is 5.37. The summed E-state index contributed by atoms with van der Waals surface area (Å²) in [5.74, 6) is 2.27. The average molecular weight is 355 g/mol. The predicted molar refractivity (Wildman–Crippen MR) is 101 cm³/mol. The highest BCUT2D eigenvalue weighted by molar-refractivity contribution is 5.94. The Morgan fingerprint density at radius 3 is 2.42 bits per heavy atom. The highest BCUT2D eigenvalue weighted by atomic mass is 16.5. The lowest BCUT2D eigenvalue weighted by Crippen LogP contribution is -2.22. The molecule has 0 N–H and O–H groups in total. The number of rotatable bonds is 7. The summed E-state index contributed by atoms with van der Waals surface area (Å²) in [5.41, 5.74) is 0.988. The van der Waals surface area contributed by atoms with E-state index in [-0.39, 0.29) is 6.04 Å². The number of nitrogens with zero attached hydrogens (tertiary/aromatic N) is 5. The third kappa shape index (κ3) is 3.48. The molecule has 0 aliphatic rings. The molecule has 2 aromatic carbocycles. The van der Waals surface area contributed by atoms with Gasteiger partial charge in [0.25, 0.3) is 0 Å². The number of aryl methyl sites for hydroxylation is 1. The highest BCUT2D eigenvalue weighted by Gasteiger charge is 2.24. The largest absolute Gasteiger partial charge is 0.496 e. The minimum absolute atomic E-state index is 0.105. The Labute approximate surface area is 153 Å². The van der Waals surface area contributed by atoms with Gasteiger partial charge in [0.1, 0.15) is 17.5 Å². The van der Waals surface area contributed by atoms with E-state index in [0.29, 0.717) is 5.82 Å². The number of ether oxygens (including phenoxy) is 2. The number of hydrogen-bond acceptors (Lipinski definition) is 6. The molecule has 7 nitrogen and oxygen atoms in total. The van der Waals surface area contributed by atoms with Crippen molar-refractivity contribution in [2.75, 3.05) is 34.9 Å². The van der Waals surface area contributed by atoms with Gasteiger partial charge in [-0.15, -0.1) is 10.2 Å². The molecular weight excluding hydrogens is 330 g/mol. The number of aromatic nitrogens is 4. The lowest BCUT2D eigenvalue weighted by Gasteiger charge is -2.23.